The van der Waals surface area contributed by atoms with Crippen molar-refractivity contribution >= 4 is 18.3 Å². The summed E-state index contributed by atoms with van der Waals surface area (Å²) in [5.74, 6) is 1.63. The lowest BCUT2D eigenvalue weighted by Gasteiger charge is -2.18. The van der Waals surface area contributed by atoms with Crippen LogP contribution in [0.1, 0.15) is 22.6 Å². The molecule has 1 aromatic heterocycles. The highest BCUT2D eigenvalue weighted by Crippen LogP contribution is 2.29. The van der Waals surface area contributed by atoms with Crippen LogP contribution in [0.3, 0.4) is 0 Å². The Kier molecular flexibility index (Phi) is 7.13. The SMILES string of the molecule is Cc1cccc(Oc2ccccc2CNC(=O)[C@H]2CNC[C@@H]2c2cnn(C)c2)c1.Cl. The summed E-state index contributed by atoms with van der Waals surface area (Å²) in [4.78, 5) is 12.9. The second-order valence-corrected chi connectivity index (χ2v) is 7.56. The summed E-state index contributed by atoms with van der Waals surface area (Å²) in [6.45, 7) is 3.92. The van der Waals surface area contributed by atoms with E-state index in [1.165, 1.54) is 0 Å². The van der Waals surface area contributed by atoms with Gasteiger partial charge in [0.1, 0.15) is 11.5 Å². The molecule has 6 nitrogen and oxygen atoms in total. The second kappa shape index (κ2) is 9.78. The minimum atomic E-state index is -0.107. The first-order valence-electron chi connectivity index (χ1n) is 9.89. The molecule has 7 heteroatoms. The quantitative estimate of drug-likeness (QED) is 0.632. The van der Waals surface area contributed by atoms with Crippen LogP contribution in [0.4, 0.5) is 0 Å². The topological polar surface area (TPSA) is 68.2 Å². The number of rotatable bonds is 6. The highest BCUT2D eigenvalue weighted by molar-refractivity contribution is 5.85. The average Bonchev–Trinajstić information content (AvgIpc) is 3.36. The van der Waals surface area contributed by atoms with Crippen LogP contribution < -0.4 is 15.4 Å². The molecule has 0 saturated carbocycles. The molecule has 2 aromatic carbocycles. The van der Waals surface area contributed by atoms with Gasteiger partial charge < -0.3 is 15.4 Å². The van der Waals surface area contributed by atoms with Crippen molar-refractivity contribution in [1.29, 1.82) is 0 Å². The molecule has 3 aromatic rings. The van der Waals surface area contributed by atoms with Crippen molar-refractivity contribution in [3.05, 3.63) is 77.6 Å². The monoisotopic (exact) mass is 426 g/mol. The van der Waals surface area contributed by atoms with E-state index in [2.05, 4.69) is 15.7 Å². The smallest absolute Gasteiger partial charge is 0.225 e. The number of nitrogens with zero attached hydrogens (tertiary/aromatic N) is 2. The van der Waals surface area contributed by atoms with E-state index in [0.29, 0.717) is 13.1 Å². The fourth-order valence-corrected chi connectivity index (χ4v) is 3.80. The van der Waals surface area contributed by atoms with E-state index in [1.807, 2.05) is 74.9 Å². The highest BCUT2D eigenvalue weighted by Gasteiger charge is 2.34. The molecule has 2 N–H and O–H groups in total. The molecular formula is C23H27ClN4O2. The van der Waals surface area contributed by atoms with Crippen LogP contribution in [-0.4, -0.2) is 28.8 Å². The fraction of sp³-hybridized carbons (Fsp3) is 0.304. The molecule has 2 atom stereocenters. The van der Waals surface area contributed by atoms with Gasteiger partial charge in [0, 0.05) is 44.4 Å². The summed E-state index contributed by atoms with van der Waals surface area (Å²) >= 11 is 0. The zero-order valence-corrected chi connectivity index (χ0v) is 18.0. The zero-order chi connectivity index (χ0) is 20.2. The van der Waals surface area contributed by atoms with E-state index in [-0.39, 0.29) is 30.2 Å². The normalized spacial score (nSPS) is 17.9. The minimum absolute atomic E-state index is 0. The molecule has 0 bridgehead atoms. The van der Waals surface area contributed by atoms with Gasteiger partial charge in [-0.25, -0.2) is 0 Å². The molecule has 1 aliphatic heterocycles. The molecule has 0 spiro atoms. The summed E-state index contributed by atoms with van der Waals surface area (Å²) in [5.41, 5.74) is 3.19. The lowest BCUT2D eigenvalue weighted by atomic mass is 9.90. The second-order valence-electron chi connectivity index (χ2n) is 7.56. The predicted octanol–water partition coefficient (Wildman–Crippen LogP) is 3.56. The van der Waals surface area contributed by atoms with Crippen molar-refractivity contribution in [2.45, 2.75) is 19.4 Å². The van der Waals surface area contributed by atoms with Gasteiger partial charge in [-0.1, -0.05) is 30.3 Å². The number of para-hydroxylation sites is 1. The number of benzene rings is 2. The fourth-order valence-electron chi connectivity index (χ4n) is 3.80. The molecule has 158 valence electrons. The molecule has 1 aliphatic rings. The van der Waals surface area contributed by atoms with Gasteiger partial charge in [-0.2, -0.15) is 5.10 Å². The summed E-state index contributed by atoms with van der Waals surface area (Å²) in [7, 11) is 1.89. The van der Waals surface area contributed by atoms with E-state index in [1.54, 1.807) is 4.68 Å². The predicted molar refractivity (Wildman–Crippen MR) is 119 cm³/mol. The summed E-state index contributed by atoms with van der Waals surface area (Å²) in [6.07, 6.45) is 3.84. The number of halogens is 1. The van der Waals surface area contributed by atoms with E-state index < -0.39 is 0 Å². The van der Waals surface area contributed by atoms with Gasteiger partial charge in [-0.3, -0.25) is 9.48 Å². The third kappa shape index (κ3) is 5.01. The van der Waals surface area contributed by atoms with Crippen molar-refractivity contribution in [2.75, 3.05) is 13.1 Å². The first kappa shape index (κ1) is 21.9. The molecule has 2 heterocycles. The van der Waals surface area contributed by atoms with Crippen molar-refractivity contribution in [2.24, 2.45) is 13.0 Å². The standard InChI is InChI=1S/C23H26N4O2.ClH/c1-16-6-5-8-19(10-16)29-22-9-4-3-7-17(22)11-25-23(28)21-14-24-13-20(21)18-12-26-27(2)15-18;/h3-10,12,15,20-21,24H,11,13-14H2,1-2H3,(H,25,28);1H/t20-,21+;/m1./s1. The highest BCUT2D eigenvalue weighted by atomic mass is 35.5. The Morgan fingerprint density at radius 3 is 2.83 bits per heavy atom. The van der Waals surface area contributed by atoms with Crippen LogP contribution in [-0.2, 0) is 18.4 Å². The van der Waals surface area contributed by atoms with Gasteiger partial charge >= 0.3 is 0 Å². The number of aromatic nitrogens is 2. The Hall–Kier alpha value is -2.83. The van der Waals surface area contributed by atoms with Gasteiger partial charge in [-0.15, -0.1) is 12.4 Å². The van der Waals surface area contributed by atoms with Crippen molar-refractivity contribution in [3.63, 3.8) is 0 Å². The first-order chi connectivity index (χ1) is 14.1. The van der Waals surface area contributed by atoms with Crippen molar-refractivity contribution in [3.8, 4) is 11.5 Å². The molecule has 0 unspecified atom stereocenters. The number of carbonyl (C=O) groups is 1. The molecular weight excluding hydrogens is 400 g/mol. The number of aryl methyl sites for hydroxylation is 2. The molecule has 4 rings (SSSR count). The Morgan fingerprint density at radius 2 is 2.07 bits per heavy atom. The van der Waals surface area contributed by atoms with Gasteiger partial charge in [-0.05, 0) is 36.2 Å². The molecule has 0 aliphatic carbocycles. The molecule has 30 heavy (non-hydrogen) atoms. The number of ether oxygens (including phenoxy) is 1. The van der Waals surface area contributed by atoms with Crippen LogP contribution in [0.2, 0.25) is 0 Å². The third-order valence-corrected chi connectivity index (χ3v) is 5.35. The van der Waals surface area contributed by atoms with Crippen LogP contribution in [0.15, 0.2) is 60.9 Å². The Bertz CT molecular complexity index is 1000. The minimum Gasteiger partial charge on any atom is -0.457 e. The van der Waals surface area contributed by atoms with Crippen LogP contribution >= 0.6 is 12.4 Å². The van der Waals surface area contributed by atoms with Gasteiger partial charge in [0.25, 0.3) is 0 Å². The van der Waals surface area contributed by atoms with Crippen LogP contribution in [0.25, 0.3) is 0 Å². The lowest BCUT2D eigenvalue weighted by molar-refractivity contribution is -0.125. The Morgan fingerprint density at radius 1 is 1.23 bits per heavy atom. The van der Waals surface area contributed by atoms with Crippen LogP contribution in [0.5, 0.6) is 11.5 Å². The van der Waals surface area contributed by atoms with Crippen molar-refractivity contribution < 1.29 is 9.53 Å². The summed E-state index contributed by atoms with van der Waals surface area (Å²) in [5, 5.41) is 10.7. The first-order valence-corrected chi connectivity index (χ1v) is 9.89. The van der Waals surface area contributed by atoms with E-state index in [4.69, 9.17) is 4.74 Å². The summed E-state index contributed by atoms with van der Waals surface area (Å²) < 4.78 is 7.85. The maximum atomic E-state index is 12.9. The lowest BCUT2D eigenvalue weighted by Crippen LogP contribution is -2.34. The van der Waals surface area contributed by atoms with Crippen molar-refractivity contribution in [1.82, 2.24) is 20.4 Å². The largest absolute Gasteiger partial charge is 0.457 e. The van der Waals surface area contributed by atoms with Gasteiger partial charge in [0.15, 0.2) is 0 Å². The molecule has 1 amide bonds. The maximum Gasteiger partial charge on any atom is 0.225 e. The Labute approximate surface area is 183 Å². The number of carbonyl (C=O) groups excluding carboxylic acids is 1. The third-order valence-electron chi connectivity index (χ3n) is 5.35. The molecule has 0 radical (unpaired) electrons. The van der Waals surface area contributed by atoms with Gasteiger partial charge in [0.05, 0.1) is 12.1 Å². The zero-order valence-electron chi connectivity index (χ0n) is 17.2. The number of hydrogen-bond acceptors (Lipinski definition) is 4. The van der Waals surface area contributed by atoms with Gasteiger partial charge in [0.2, 0.25) is 5.91 Å². The molecule has 1 fully saturated rings. The summed E-state index contributed by atoms with van der Waals surface area (Å²) in [6, 6.07) is 15.8. The number of amides is 1. The number of nitrogens with one attached hydrogen (secondary N) is 2. The average molecular weight is 427 g/mol. The number of hydrogen-bond donors (Lipinski definition) is 2. The maximum absolute atomic E-state index is 12.9. The molecule has 1 saturated heterocycles. The van der Waals surface area contributed by atoms with E-state index >= 15 is 0 Å². The Balaban J connectivity index is 0.00000256. The van der Waals surface area contributed by atoms with E-state index in [0.717, 1.165) is 34.7 Å². The van der Waals surface area contributed by atoms with E-state index in [9.17, 15) is 4.79 Å². The van der Waals surface area contributed by atoms with Crippen LogP contribution in [0, 0.1) is 12.8 Å².